The fourth-order valence-electron chi connectivity index (χ4n) is 1.64. The number of aromatic nitrogens is 2. The zero-order valence-corrected chi connectivity index (χ0v) is 11.2. The quantitative estimate of drug-likeness (QED) is 0.885. The van der Waals surface area contributed by atoms with Crippen LogP contribution in [0.3, 0.4) is 0 Å². The summed E-state index contributed by atoms with van der Waals surface area (Å²) in [4.78, 5) is 26.6. The molecular formula is C13H12ClN3O3. The minimum Gasteiger partial charge on any atom is -0.478 e. The lowest BCUT2D eigenvalue weighted by Crippen LogP contribution is -2.14. The second kappa shape index (κ2) is 6.21. The van der Waals surface area contributed by atoms with Gasteiger partial charge in [-0.15, -0.1) is 0 Å². The van der Waals surface area contributed by atoms with Crippen LogP contribution in [0.2, 0.25) is 5.02 Å². The number of carboxylic acids is 1. The summed E-state index contributed by atoms with van der Waals surface area (Å²) < 4.78 is 1.78. The number of hydrogen-bond acceptors (Lipinski definition) is 3. The van der Waals surface area contributed by atoms with E-state index in [0.29, 0.717) is 12.2 Å². The molecule has 0 saturated heterocycles. The molecule has 0 bridgehead atoms. The standard InChI is InChI=1S/C13H12ClN3O3/c14-11-2-1-9(7-10(11)13(19)20)16-12(18)3-5-17-6-4-15-8-17/h1-2,4,6-8H,3,5H2,(H,16,18)(H,19,20). The third kappa shape index (κ3) is 3.58. The number of anilines is 1. The van der Waals surface area contributed by atoms with Gasteiger partial charge in [-0.1, -0.05) is 11.6 Å². The highest BCUT2D eigenvalue weighted by molar-refractivity contribution is 6.33. The van der Waals surface area contributed by atoms with Gasteiger partial charge >= 0.3 is 5.97 Å². The molecule has 0 saturated carbocycles. The lowest BCUT2D eigenvalue weighted by molar-refractivity contribution is -0.116. The van der Waals surface area contributed by atoms with Crippen LogP contribution in [0, 0.1) is 0 Å². The molecule has 0 unspecified atom stereocenters. The maximum Gasteiger partial charge on any atom is 0.337 e. The number of carbonyl (C=O) groups is 2. The van der Waals surface area contributed by atoms with Crippen molar-refractivity contribution >= 4 is 29.2 Å². The van der Waals surface area contributed by atoms with E-state index in [-0.39, 0.29) is 22.9 Å². The number of benzene rings is 1. The summed E-state index contributed by atoms with van der Waals surface area (Å²) in [5.41, 5.74) is 0.363. The first-order valence-corrected chi connectivity index (χ1v) is 6.22. The third-order valence-electron chi connectivity index (χ3n) is 2.64. The SMILES string of the molecule is O=C(CCn1ccnc1)Nc1ccc(Cl)c(C(=O)O)c1. The van der Waals surface area contributed by atoms with E-state index in [1.807, 2.05) is 0 Å². The number of halogens is 1. The van der Waals surface area contributed by atoms with Crippen LogP contribution in [0.4, 0.5) is 5.69 Å². The highest BCUT2D eigenvalue weighted by Crippen LogP contribution is 2.20. The number of aromatic carboxylic acids is 1. The monoisotopic (exact) mass is 293 g/mol. The van der Waals surface area contributed by atoms with Gasteiger partial charge in [0.25, 0.3) is 0 Å². The Labute approximate surface area is 120 Å². The molecule has 2 rings (SSSR count). The maximum absolute atomic E-state index is 11.7. The van der Waals surface area contributed by atoms with Crippen molar-refractivity contribution in [3.05, 3.63) is 47.5 Å². The first-order valence-electron chi connectivity index (χ1n) is 5.84. The Kier molecular flexibility index (Phi) is 4.37. The summed E-state index contributed by atoms with van der Waals surface area (Å²) >= 11 is 5.75. The molecular weight excluding hydrogens is 282 g/mol. The molecule has 1 heterocycles. The van der Waals surface area contributed by atoms with E-state index in [1.165, 1.54) is 12.1 Å². The largest absolute Gasteiger partial charge is 0.478 e. The Morgan fingerprint density at radius 3 is 2.85 bits per heavy atom. The molecule has 0 aliphatic carbocycles. The third-order valence-corrected chi connectivity index (χ3v) is 2.97. The topological polar surface area (TPSA) is 84.2 Å². The highest BCUT2D eigenvalue weighted by Gasteiger charge is 2.10. The molecule has 0 aliphatic heterocycles. The summed E-state index contributed by atoms with van der Waals surface area (Å²) in [5, 5.41) is 11.7. The summed E-state index contributed by atoms with van der Waals surface area (Å²) in [6.07, 6.45) is 5.29. The van der Waals surface area contributed by atoms with Crippen molar-refractivity contribution in [1.29, 1.82) is 0 Å². The number of carbonyl (C=O) groups excluding carboxylic acids is 1. The smallest absolute Gasteiger partial charge is 0.337 e. The number of carboxylic acid groups (broad SMARTS) is 1. The van der Waals surface area contributed by atoms with Crippen LogP contribution in [-0.2, 0) is 11.3 Å². The van der Waals surface area contributed by atoms with Crippen molar-refractivity contribution in [2.75, 3.05) is 5.32 Å². The minimum atomic E-state index is -1.13. The van der Waals surface area contributed by atoms with Crippen molar-refractivity contribution in [1.82, 2.24) is 9.55 Å². The zero-order valence-electron chi connectivity index (χ0n) is 10.4. The first kappa shape index (κ1) is 14.1. The normalized spacial score (nSPS) is 10.2. The van der Waals surface area contributed by atoms with Crippen LogP contribution >= 0.6 is 11.6 Å². The molecule has 104 valence electrons. The molecule has 6 nitrogen and oxygen atoms in total. The number of aryl methyl sites for hydroxylation is 1. The lowest BCUT2D eigenvalue weighted by atomic mass is 10.2. The molecule has 0 spiro atoms. The number of amides is 1. The van der Waals surface area contributed by atoms with E-state index in [9.17, 15) is 9.59 Å². The average molecular weight is 294 g/mol. The van der Waals surface area contributed by atoms with Crippen LogP contribution < -0.4 is 5.32 Å². The van der Waals surface area contributed by atoms with Gasteiger partial charge in [0.1, 0.15) is 0 Å². The van der Waals surface area contributed by atoms with Gasteiger partial charge in [-0.2, -0.15) is 0 Å². The predicted octanol–water partition coefficient (Wildman–Crippen LogP) is 2.26. The molecule has 0 radical (unpaired) electrons. The second-order valence-corrected chi connectivity index (χ2v) is 4.51. The predicted molar refractivity (Wildman–Crippen MR) is 73.9 cm³/mol. The highest BCUT2D eigenvalue weighted by atomic mass is 35.5. The van der Waals surface area contributed by atoms with Crippen molar-refractivity contribution in [3.8, 4) is 0 Å². The Hall–Kier alpha value is -2.34. The molecule has 1 aromatic heterocycles. The van der Waals surface area contributed by atoms with E-state index in [4.69, 9.17) is 16.7 Å². The van der Waals surface area contributed by atoms with E-state index < -0.39 is 5.97 Å². The molecule has 1 amide bonds. The fraction of sp³-hybridized carbons (Fsp3) is 0.154. The summed E-state index contributed by atoms with van der Waals surface area (Å²) in [6.45, 7) is 0.505. The summed E-state index contributed by atoms with van der Waals surface area (Å²) in [5.74, 6) is -1.35. The Balaban J connectivity index is 1.97. The van der Waals surface area contributed by atoms with Crippen LogP contribution in [0.1, 0.15) is 16.8 Å². The Morgan fingerprint density at radius 1 is 1.40 bits per heavy atom. The maximum atomic E-state index is 11.7. The first-order chi connectivity index (χ1) is 9.56. The number of rotatable bonds is 5. The van der Waals surface area contributed by atoms with Gasteiger partial charge in [0.15, 0.2) is 0 Å². The van der Waals surface area contributed by atoms with Gasteiger partial charge in [0.2, 0.25) is 5.91 Å². The van der Waals surface area contributed by atoms with Crippen LogP contribution in [0.5, 0.6) is 0 Å². The molecule has 1 aromatic carbocycles. The zero-order chi connectivity index (χ0) is 14.5. The lowest BCUT2D eigenvalue weighted by Gasteiger charge is -2.07. The van der Waals surface area contributed by atoms with Crippen LogP contribution in [-0.4, -0.2) is 26.5 Å². The van der Waals surface area contributed by atoms with Gasteiger partial charge in [-0.05, 0) is 18.2 Å². The average Bonchev–Trinajstić information content (AvgIpc) is 2.91. The van der Waals surface area contributed by atoms with E-state index in [0.717, 1.165) is 0 Å². The van der Waals surface area contributed by atoms with Crippen molar-refractivity contribution in [2.24, 2.45) is 0 Å². The van der Waals surface area contributed by atoms with Crippen molar-refractivity contribution in [2.45, 2.75) is 13.0 Å². The Bertz CT molecular complexity index is 626. The molecule has 2 N–H and O–H groups in total. The van der Waals surface area contributed by atoms with Gasteiger partial charge in [0.05, 0.1) is 16.9 Å². The molecule has 7 heteroatoms. The van der Waals surface area contributed by atoms with Crippen molar-refractivity contribution < 1.29 is 14.7 Å². The Morgan fingerprint density at radius 2 is 2.20 bits per heavy atom. The van der Waals surface area contributed by atoms with Gasteiger partial charge < -0.3 is 15.0 Å². The second-order valence-electron chi connectivity index (χ2n) is 4.10. The van der Waals surface area contributed by atoms with Crippen LogP contribution in [0.25, 0.3) is 0 Å². The van der Waals surface area contributed by atoms with Crippen molar-refractivity contribution in [3.63, 3.8) is 0 Å². The molecule has 2 aromatic rings. The molecule has 0 aliphatic rings. The molecule has 0 fully saturated rings. The molecule has 0 atom stereocenters. The number of nitrogens with zero attached hydrogens (tertiary/aromatic N) is 2. The number of nitrogens with one attached hydrogen (secondary N) is 1. The van der Waals surface area contributed by atoms with Gasteiger partial charge in [0, 0.05) is 31.0 Å². The van der Waals surface area contributed by atoms with E-state index in [2.05, 4.69) is 10.3 Å². The van der Waals surface area contributed by atoms with Gasteiger partial charge in [-0.25, -0.2) is 9.78 Å². The summed E-state index contributed by atoms with van der Waals surface area (Å²) in [6, 6.07) is 4.33. The van der Waals surface area contributed by atoms with E-state index >= 15 is 0 Å². The fourth-order valence-corrected chi connectivity index (χ4v) is 1.84. The summed E-state index contributed by atoms with van der Waals surface area (Å²) in [7, 11) is 0. The van der Waals surface area contributed by atoms with E-state index in [1.54, 1.807) is 29.4 Å². The minimum absolute atomic E-state index is 0.0425. The molecule has 20 heavy (non-hydrogen) atoms. The van der Waals surface area contributed by atoms with Crippen LogP contribution in [0.15, 0.2) is 36.9 Å². The number of imidazole rings is 1. The number of hydrogen-bond donors (Lipinski definition) is 2. The van der Waals surface area contributed by atoms with Gasteiger partial charge in [-0.3, -0.25) is 4.79 Å².